The van der Waals surface area contributed by atoms with Gasteiger partial charge in [0.2, 0.25) is 0 Å². The summed E-state index contributed by atoms with van der Waals surface area (Å²) >= 11 is 0. The van der Waals surface area contributed by atoms with Gasteiger partial charge in [-0.1, -0.05) is 25.5 Å². The minimum atomic E-state index is -0.674. The van der Waals surface area contributed by atoms with Crippen LogP contribution in [0.25, 0.3) is 0 Å². The topological polar surface area (TPSA) is 55.7 Å². The summed E-state index contributed by atoms with van der Waals surface area (Å²) in [5.41, 5.74) is 1.21. The van der Waals surface area contributed by atoms with Crippen LogP contribution in [0.2, 0.25) is 0 Å². The van der Waals surface area contributed by atoms with Crippen molar-refractivity contribution in [3.05, 3.63) is 11.6 Å². The van der Waals surface area contributed by atoms with Gasteiger partial charge in [-0.05, 0) is 39.8 Å². The maximum Gasteiger partial charge on any atom is 0.162 e. The molecule has 1 unspecified atom stereocenters. The highest BCUT2D eigenvalue weighted by Crippen LogP contribution is 2.33. The van der Waals surface area contributed by atoms with Gasteiger partial charge in [0.05, 0.1) is 0 Å². The number of nitrogens with zero attached hydrogens (tertiary/aromatic N) is 1. The molecule has 4 nitrogen and oxygen atoms in total. The Morgan fingerprint density at radius 3 is 2.28 bits per heavy atom. The highest BCUT2D eigenvalue weighted by atomic mass is 16.3. The number of rotatable bonds is 8. The smallest absolute Gasteiger partial charge is 0.162 e. The fourth-order valence-electron chi connectivity index (χ4n) is 2.10. The van der Waals surface area contributed by atoms with Crippen LogP contribution in [0, 0.1) is 11.3 Å². The Hall–Kier alpha value is -0.420. The van der Waals surface area contributed by atoms with E-state index < -0.39 is 6.35 Å². The van der Waals surface area contributed by atoms with Gasteiger partial charge in [-0.2, -0.15) is 0 Å². The second-order valence-corrected chi connectivity index (χ2v) is 5.71. The monoisotopic (exact) mass is 258 g/mol. The summed E-state index contributed by atoms with van der Waals surface area (Å²) in [4.78, 5) is 1.69. The Balaban J connectivity index is 4.68. The van der Waals surface area contributed by atoms with Crippen LogP contribution in [0.5, 0.6) is 0 Å². The van der Waals surface area contributed by atoms with Crippen LogP contribution in [0.15, 0.2) is 11.6 Å². The molecule has 0 spiro atoms. The zero-order valence-electron chi connectivity index (χ0n) is 12.7. The number of allylic oxidation sites excluding steroid dienone is 2. The predicted molar refractivity (Wildman–Crippen MR) is 76.1 cm³/mol. The fraction of sp³-hybridized carbons (Fsp3) is 0.857. The lowest BCUT2D eigenvalue weighted by atomic mass is 9.74. The quantitative estimate of drug-likeness (QED) is 0.455. The van der Waals surface area contributed by atoms with Crippen molar-refractivity contribution in [1.29, 1.82) is 0 Å². The fourth-order valence-corrected chi connectivity index (χ4v) is 2.10. The molecule has 0 aromatic carbocycles. The standard InChI is InChI=1S/C14H30N2O2/c1-7-14(4,8-11(2)3)12(10-17)9-15-13(18)16(5)6/h8,12-13,15,17-18H,7,9-10H2,1-6H3/t12?,13-,14-/m0/s1. The van der Waals surface area contributed by atoms with Crippen LogP contribution in [0.1, 0.15) is 34.1 Å². The predicted octanol–water partition coefficient (Wildman–Crippen LogP) is 1.40. The van der Waals surface area contributed by atoms with Crippen molar-refractivity contribution < 1.29 is 10.2 Å². The third-order valence-corrected chi connectivity index (χ3v) is 3.57. The first-order valence-electron chi connectivity index (χ1n) is 6.61. The van der Waals surface area contributed by atoms with Crippen molar-refractivity contribution in [2.24, 2.45) is 11.3 Å². The average Bonchev–Trinajstić information content (AvgIpc) is 2.28. The third kappa shape index (κ3) is 5.48. The van der Waals surface area contributed by atoms with Crippen LogP contribution in [-0.2, 0) is 0 Å². The summed E-state index contributed by atoms with van der Waals surface area (Å²) in [6.45, 7) is 9.13. The highest BCUT2D eigenvalue weighted by Gasteiger charge is 2.30. The summed E-state index contributed by atoms with van der Waals surface area (Å²) in [6, 6.07) is 0. The molecule has 3 N–H and O–H groups in total. The van der Waals surface area contributed by atoms with Crippen LogP contribution < -0.4 is 5.32 Å². The van der Waals surface area contributed by atoms with Gasteiger partial charge in [0.15, 0.2) is 6.35 Å². The maximum absolute atomic E-state index is 9.71. The lowest BCUT2D eigenvalue weighted by molar-refractivity contribution is -0.000535. The van der Waals surface area contributed by atoms with Gasteiger partial charge in [0.1, 0.15) is 0 Å². The second-order valence-electron chi connectivity index (χ2n) is 5.71. The third-order valence-electron chi connectivity index (χ3n) is 3.57. The molecule has 0 bridgehead atoms. The summed E-state index contributed by atoms with van der Waals surface area (Å²) in [6.07, 6.45) is 2.51. The van der Waals surface area contributed by atoms with Crippen LogP contribution in [-0.4, -0.2) is 48.7 Å². The lowest BCUT2D eigenvalue weighted by Gasteiger charge is -2.35. The van der Waals surface area contributed by atoms with Gasteiger partial charge in [-0.15, -0.1) is 0 Å². The van der Waals surface area contributed by atoms with E-state index in [1.165, 1.54) is 5.57 Å². The van der Waals surface area contributed by atoms with Crippen molar-refractivity contribution in [3.63, 3.8) is 0 Å². The Kier molecular flexibility index (Phi) is 7.71. The number of hydrogen-bond acceptors (Lipinski definition) is 4. The largest absolute Gasteiger partial charge is 0.396 e. The average molecular weight is 258 g/mol. The molecule has 0 saturated heterocycles. The Morgan fingerprint density at radius 2 is 1.94 bits per heavy atom. The first-order chi connectivity index (χ1) is 8.26. The summed E-state index contributed by atoms with van der Waals surface area (Å²) in [7, 11) is 3.61. The molecule has 0 aliphatic heterocycles. The number of aliphatic hydroxyl groups is 2. The zero-order chi connectivity index (χ0) is 14.3. The van der Waals surface area contributed by atoms with Crippen molar-refractivity contribution in [2.45, 2.75) is 40.5 Å². The number of nitrogens with one attached hydrogen (secondary N) is 1. The van der Waals surface area contributed by atoms with Gasteiger partial charge < -0.3 is 10.2 Å². The minimum Gasteiger partial charge on any atom is -0.396 e. The molecule has 0 amide bonds. The Morgan fingerprint density at radius 1 is 1.39 bits per heavy atom. The summed E-state index contributed by atoms with van der Waals surface area (Å²) < 4.78 is 0. The molecule has 18 heavy (non-hydrogen) atoms. The van der Waals surface area contributed by atoms with Crippen molar-refractivity contribution >= 4 is 0 Å². The molecular formula is C14H30N2O2. The Bertz CT molecular complexity index is 263. The first kappa shape index (κ1) is 17.6. The molecule has 4 heteroatoms. The molecular weight excluding hydrogens is 228 g/mol. The number of hydrogen-bond donors (Lipinski definition) is 3. The van der Waals surface area contributed by atoms with Gasteiger partial charge >= 0.3 is 0 Å². The second kappa shape index (κ2) is 7.89. The van der Waals surface area contributed by atoms with Crippen LogP contribution in [0.3, 0.4) is 0 Å². The summed E-state index contributed by atoms with van der Waals surface area (Å²) in [5.74, 6) is 0.0898. The first-order valence-corrected chi connectivity index (χ1v) is 6.61. The van der Waals surface area contributed by atoms with Gasteiger partial charge in [-0.25, -0.2) is 0 Å². The maximum atomic E-state index is 9.71. The van der Waals surface area contributed by atoms with Crippen molar-refractivity contribution in [1.82, 2.24) is 10.2 Å². The molecule has 0 saturated carbocycles. The zero-order valence-corrected chi connectivity index (χ0v) is 12.7. The number of aliphatic hydroxyl groups excluding tert-OH is 2. The van der Waals surface area contributed by atoms with Gasteiger partial charge in [-0.3, -0.25) is 10.2 Å². The molecule has 0 heterocycles. The molecule has 0 aliphatic rings. The summed E-state index contributed by atoms with van der Waals surface area (Å²) in [5, 5.41) is 22.3. The van der Waals surface area contributed by atoms with E-state index >= 15 is 0 Å². The van der Waals surface area contributed by atoms with E-state index in [1.807, 2.05) is 0 Å². The normalized spacial score (nSPS) is 18.3. The van der Waals surface area contributed by atoms with Crippen LogP contribution >= 0.6 is 0 Å². The lowest BCUT2D eigenvalue weighted by Crippen LogP contribution is -2.46. The van der Waals surface area contributed by atoms with Crippen LogP contribution in [0.4, 0.5) is 0 Å². The molecule has 0 aromatic rings. The van der Waals surface area contributed by atoms with E-state index in [1.54, 1.807) is 19.0 Å². The highest BCUT2D eigenvalue weighted by molar-refractivity contribution is 5.06. The Labute approximate surface area is 112 Å². The van der Waals surface area contributed by atoms with E-state index in [2.05, 4.69) is 39.1 Å². The molecule has 0 aromatic heterocycles. The van der Waals surface area contributed by atoms with E-state index in [-0.39, 0.29) is 17.9 Å². The van der Waals surface area contributed by atoms with Crippen molar-refractivity contribution in [3.8, 4) is 0 Å². The molecule has 108 valence electrons. The molecule has 0 rings (SSSR count). The minimum absolute atomic E-state index is 0.0490. The van der Waals surface area contributed by atoms with E-state index in [4.69, 9.17) is 0 Å². The van der Waals surface area contributed by atoms with E-state index in [0.29, 0.717) is 6.54 Å². The molecule has 0 fully saturated rings. The molecule has 0 aliphatic carbocycles. The van der Waals surface area contributed by atoms with Crippen molar-refractivity contribution in [2.75, 3.05) is 27.2 Å². The van der Waals surface area contributed by atoms with Gasteiger partial charge in [0, 0.05) is 19.1 Å². The SMILES string of the molecule is CC[C@@](C)(C=C(C)C)C(CO)CN[C@H](O)N(C)C. The van der Waals surface area contributed by atoms with E-state index in [0.717, 1.165) is 6.42 Å². The van der Waals surface area contributed by atoms with Gasteiger partial charge in [0.25, 0.3) is 0 Å². The molecule has 0 radical (unpaired) electrons. The molecule has 3 atom stereocenters. The van der Waals surface area contributed by atoms with E-state index in [9.17, 15) is 10.2 Å².